The summed E-state index contributed by atoms with van der Waals surface area (Å²) in [7, 11) is 0. The molecule has 0 unspecified atom stereocenters. The number of aliphatic hydroxyl groups excluding tert-OH is 1. The van der Waals surface area contributed by atoms with E-state index in [1.165, 1.54) is 5.56 Å². The summed E-state index contributed by atoms with van der Waals surface area (Å²) >= 11 is 2.00. The van der Waals surface area contributed by atoms with E-state index in [9.17, 15) is 0 Å². The van der Waals surface area contributed by atoms with Crippen molar-refractivity contribution in [1.82, 2.24) is 0 Å². The number of benzene rings is 1. The predicted octanol–water partition coefficient (Wildman–Crippen LogP) is 1.49. The zero-order chi connectivity index (χ0) is 9.23. The van der Waals surface area contributed by atoms with Crippen LogP contribution in [0.1, 0.15) is 12.0 Å². The first-order valence-electron chi connectivity index (χ1n) is 3.72. The molecule has 1 N–H and O–H groups in total. The Morgan fingerprint density at radius 1 is 1.17 bits per heavy atom. The fraction of sp³-hybridized carbons (Fsp3) is 0.333. The number of rotatable bonds is 3. The van der Waals surface area contributed by atoms with Gasteiger partial charge in [0.05, 0.1) is 0 Å². The maximum absolute atomic E-state index is 8.53. The Labute approximate surface area is 80.6 Å². The van der Waals surface area contributed by atoms with Crippen LogP contribution >= 0.6 is 0 Å². The summed E-state index contributed by atoms with van der Waals surface area (Å²) in [6, 6.07) is 10.2. The van der Waals surface area contributed by atoms with Crippen molar-refractivity contribution in [2.45, 2.75) is 12.8 Å². The summed E-state index contributed by atoms with van der Waals surface area (Å²) in [5, 5.41) is 8.53. The predicted molar refractivity (Wildman–Crippen MR) is 42.5 cm³/mol. The summed E-state index contributed by atoms with van der Waals surface area (Å²) in [4.78, 5) is 0. The van der Waals surface area contributed by atoms with Gasteiger partial charge in [-0.15, -0.1) is 0 Å². The van der Waals surface area contributed by atoms with Gasteiger partial charge in [-0.25, -0.2) is 0 Å². The van der Waals surface area contributed by atoms with Crippen molar-refractivity contribution in [1.29, 1.82) is 0 Å². The van der Waals surface area contributed by atoms with Gasteiger partial charge in [-0.1, -0.05) is 30.3 Å². The van der Waals surface area contributed by atoms with Gasteiger partial charge in [0.2, 0.25) is 0 Å². The summed E-state index contributed by atoms with van der Waals surface area (Å²) in [6.45, 7) is 0.287. The molecule has 0 atom stereocenters. The van der Waals surface area contributed by atoms with Crippen molar-refractivity contribution in [3.63, 3.8) is 0 Å². The molecule has 1 aromatic carbocycles. The second-order valence-electron chi connectivity index (χ2n) is 2.31. The van der Waals surface area contributed by atoms with Gasteiger partial charge in [0.25, 0.3) is 0 Å². The van der Waals surface area contributed by atoms with Crippen LogP contribution in [-0.4, -0.2) is 11.7 Å². The molecule has 0 heterocycles. The van der Waals surface area contributed by atoms with Gasteiger partial charge in [0.1, 0.15) is 0 Å². The van der Waals surface area contributed by atoms with Crippen molar-refractivity contribution in [3.8, 4) is 0 Å². The van der Waals surface area contributed by atoms with Crippen molar-refractivity contribution in [3.05, 3.63) is 35.9 Å². The quantitative estimate of drug-likeness (QED) is 0.764. The number of hydrogen-bond acceptors (Lipinski definition) is 2. The summed E-state index contributed by atoms with van der Waals surface area (Å²) in [6.07, 6.45) is 1.85. The number of aryl methyl sites for hydroxylation is 1. The van der Waals surface area contributed by atoms with Crippen LogP contribution in [0.4, 0.5) is 0 Å². The van der Waals surface area contributed by atoms with Gasteiger partial charge >= 0.3 is 19.8 Å². The third-order valence-electron chi connectivity index (χ3n) is 1.47. The molecule has 0 aliphatic heterocycles. The molecular formula is C9H12FeO2. The van der Waals surface area contributed by atoms with Crippen LogP contribution in [0.2, 0.25) is 0 Å². The Morgan fingerprint density at radius 3 is 2.25 bits per heavy atom. The average molecular weight is 208 g/mol. The first kappa shape index (κ1) is 11.5. The van der Waals surface area contributed by atoms with Gasteiger partial charge in [0, 0.05) is 6.61 Å². The summed E-state index contributed by atoms with van der Waals surface area (Å²) in [5.41, 5.74) is 1.30. The van der Waals surface area contributed by atoms with Crippen molar-refractivity contribution >= 4 is 0 Å². The molecule has 0 saturated heterocycles. The Bertz CT molecular complexity index is 189. The normalized spacial score (nSPS) is 8.50. The molecule has 0 spiro atoms. The Morgan fingerprint density at radius 2 is 1.75 bits per heavy atom. The molecule has 0 fully saturated rings. The van der Waals surface area contributed by atoms with Crippen LogP contribution in [0.25, 0.3) is 0 Å². The molecule has 68 valence electrons. The molecule has 2 nitrogen and oxygen atoms in total. The Balaban J connectivity index is 0.000000561. The maximum atomic E-state index is 8.53. The van der Waals surface area contributed by atoms with Gasteiger partial charge < -0.3 is 5.11 Å². The Hall–Kier alpha value is -0.501. The fourth-order valence-electron chi connectivity index (χ4n) is 0.928. The van der Waals surface area contributed by atoms with Crippen LogP contribution in [0.5, 0.6) is 0 Å². The molecule has 0 aliphatic rings. The van der Waals surface area contributed by atoms with Crippen LogP contribution in [0.3, 0.4) is 0 Å². The first-order chi connectivity index (χ1) is 5.93. The van der Waals surface area contributed by atoms with Crippen LogP contribution in [0, 0.1) is 0 Å². The molecule has 0 saturated carbocycles. The summed E-state index contributed by atoms with van der Waals surface area (Å²) in [5.74, 6) is 0. The van der Waals surface area contributed by atoms with E-state index < -0.39 is 0 Å². The SMILES string of the molecule is OCCCc1ccccc1.[O]=[Fe]. The average Bonchev–Trinajstić information content (AvgIpc) is 2.19. The second-order valence-corrected chi connectivity index (χ2v) is 2.31. The second kappa shape index (κ2) is 8.59. The van der Waals surface area contributed by atoms with Crippen LogP contribution < -0.4 is 0 Å². The van der Waals surface area contributed by atoms with E-state index in [-0.39, 0.29) is 6.61 Å². The van der Waals surface area contributed by atoms with E-state index in [0.717, 1.165) is 12.8 Å². The number of aliphatic hydroxyl groups is 1. The molecule has 0 aliphatic carbocycles. The van der Waals surface area contributed by atoms with Crippen LogP contribution in [0.15, 0.2) is 30.3 Å². The van der Waals surface area contributed by atoms with Crippen molar-refractivity contribution < 1.29 is 24.9 Å². The minimum absolute atomic E-state index is 0.287. The van der Waals surface area contributed by atoms with Gasteiger partial charge in [0.15, 0.2) is 0 Å². The Kier molecular flexibility index (Phi) is 8.24. The fourth-order valence-corrected chi connectivity index (χ4v) is 0.928. The van der Waals surface area contributed by atoms with E-state index in [1.807, 2.05) is 34.1 Å². The summed E-state index contributed by atoms with van der Waals surface area (Å²) < 4.78 is 8.00. The third-order valence-corrected chi connectivity index (χ3v) is 1.47. The van der Waals surface area contributed by atoms with E-state index in [4.69, 9.17) is 8.94 Å². The molecule has 0 radical (unpaired) electrons. The molecule has 0 aromatic heterocycles. The standard InChI is InChI=1S/C9H12O.Fe.O/c10-8-4-7-9-5-2-1-3-6-9;;/h1-3,5-6,10H,4,7-8H2;;. The van der Waals surface area contributed by atoms with E-state index >= 15 is 0 Å². The van der Waals surface area contributed by atoms with Gasteiger partial charge in [-0.3, -0.25) is 0 Å². The molecule has 12 heavy (non-hydrogen) atoms. The topological polar surface area (TPSA) is 37.3 Å². The molecular weight excluding hydrogens is 196 g/mol. The molecule has 1 rings (SSSR count). The zero-order valence-corrected chi connectivity index (χ0v) is 7.82. The van der Waals surface area contributed by atoms with Crippen molar-refractivity contribution in [2.24, 2.45) is 0 Å². The zero-order valence-electron chi connectivity index (χ0n) is 6.72. The van der Waals surface area contributed by atoms with Crippen LogP contribution in [-0.2, 0) is 26.2 Å². The molecule has 1 aromatic rings. The van der Waals surface area contributed by atoms with E-state index in [1.54, 1.807) is 0 Å². The third kappa shape index (κ3) is 5.19. The minimum atomic E-state index is 0.287. The monoisotopic (exact) mass is 208 g/mol. The van der Waals surface area contributed by atoms with Gasteiger partial charge in [-0.2, -0.15) is 0 Å². The van der Waals surface area contributed by atoms with E-state index in [0.29, 0.717) is 0 Å². The molecule has 0 bridgehead atoms. The van der Waals surface area contributed by atoms with Gasteiger partial charge in [-0.05, 0) is 18.4 Å². The van der Waals surface area contributed by atoms with E-state index in [2.05, 4.69) is 12.1 Å². The van der Waals surface area contributed by atoms with Crippen molar-refractivity contribution in [2.75, 3.05) is 6.61 Å². The number of hydrogen-bond donors (Lipinski definition) is 1. The molecule has 0 amide bonds. The first-order valence-corrected chi connectivity index (χ1v) is 4.18. The molecule has 3 heteroatoms.